The number of nitrogens with zero attached hydrogens (tertiary/aromatic N) is 2. The number of carbonyl (C=O) groups is 1. The number of thiophene rings is 1. The summed E-state index contributed by atoms with van der Waals surface area (Å²) in [6, 6.07) is 9.14. The van der Waals surface area contributed by atoms with Crippen molar-refractivity contribution in [2.45, 2.75) is 13.3 Å². The van der Waals surface area contributed by atoms with Crippen molar-refractivity contribution in [3.05, 3.63) is 69.4 Å². The average molecular weight is 426 g/mol. The maximum atomic E-state index is 12.7. The number of carbonyl (C=O) groups excluding carboxylic acids is 1. The van der Waals surface area contributed by atoms with E-state index in [4.69, 9.17) is 0 Å². The van der Waals surface area contributed by atoms with Crippen LogP contribution in [0, 0.1) is 6.92 Å². The van der Waals surface area contributed by atoms with Gasteiger partial charge in [0.15, 0.2) is 0 Å². The molecule has 0 saturated heterocycles. The topological polar surface area (TPSA) is 81.1 Å². The monoisotopic (exact) mass is 425 g/mol. The number of rotatable bonds is 6. The molecule has 0 unspecified atom stereocenters. The van der Waals surface area contributed by atoms with Gasteiger partial charge < -0.3 is 4.57 Å². The molecule has 3 aromatic rings. The SMILES string of the molecule is Cc1cc(Cc2ccc(NS(C)(=O)=O)cn2)n(C)c1C(=O)c1cccs1.Cl. The Kier molecular flexibility index (Phi) is 6.46. The second kappa shape index (κ2) is 8.24. The zero-order chi connectivity index (χ0) is 18.9. The minimum Gasteiger partial charge on any atom is -0.344 e. The summed E-state index contributed by atoms with van der Waals surface area (Å²) in [7, 11) is -1.44. The number of anilines is 1. The molecule has 27 heavy (non-hydrogen) atoms. The van der Waals surface area contributed by atoms with Gasteiger partial charge in [0.2, 0.25) is 15.8 Å². The number of aromatic nitrogens is 2. The summed E-state index contributed by atoms with van der Waals surface area (Å²) in [6.07, 6.45) is 3.14. The highest BCUT2D eigenvalue weighted by Gasteiger charge is 2.19. The third-order valence-electron chi connectivity index (χ3n) is 3.97. The molecule has 3 aromatic heterocycles. The third kappa shape index (κ3) is 4.97. The molecule has 3 heterocycles. The van der Waals surface area contributed by atoms with Gasteiger partial charge in [-0.15, -0.1) is 23.7 Å². The predicted molar refractivity (Wildman–Crippen MR) is 111 cm³/mol. The second-order valence-electron chi connectivity index (χ2n) is 6.12. The molecule has 0 aliphatic heterocycles. The molecule has 0 fully saturated rings. The van der Waals surface area contributed by atoms with E-state index in [1.165, 1.54) is 17.5 Å². The Morgan fingerprint density at radius 2 is 2.04 bits per heavy atom. The van der Waals surface area contributed by atoms with Crippen molar-refractivity contribution in [2.24, 2.45) is 7.05 Å². The molecule has 0 saturated carbocycles. The van der Waals surface area contributed by atoms with E-state index in [0.717, 1.165) is 28.1 Å². The minimum atomic E-state index is -3.32. The number of hydrogen-bond donors (Lipinski definition) is 1. The second-order valence-corrected chi connectivity index (χ2v) is 8.82. The molecule has 144 valence electrons. The van der Waals surface area contributed by atoms with Crippen LogP contribution >= 0.6 is 23.7 Å². The summed E-state index contributed by atoms with van der Waals surface area (Å²) in [5.74, 6) is 0.0203. The van der Waals surface area contributed by atoms with Gasteiger partial charge in [0, 0.05) is 24.9 Å². The van der Waals surface area contributed by atoms with E-state index >= 15 is 0 Å². The van der Waals surface area contributed by atoms with Gasteiger partial charge in [0.05, 0.1) is 28.7 Å². The number of nitrogens with one attached hydrogen (secondary N) is 1. The van der Waals surface area contributed by atoms with Gasteiger partial charge in [0.1, 0.15) is 0 Å². The molecule has 9 heteroatoms. The Bertz CT molecular complexity index is 1040. The number of aryl methyl sites for hydroxylation is 1. The van der Waals surface area contributed by atoms with Gasteiger partial charge in [-0.1, -0.05) is 6.07 Å². The highest BCUT2D eigenvalue weighted by atomic mass is 35.5. The smallest absolute Gasteiger partial charge is 0.229 e. The summed E-state index contributed by atoms with van der Waals surface area (Å²) in [5.41, 5.74) is 3.79. The number of halogens is 1. The fourth-order valence-electron chi connectivity index (χ4n) is 2.84. The van der Waals surface area contributed by atoms with E-state index in [0.29, 0.717) is 17.8 Å². The molecule has 1 N–H and O–H groups in total. The molecule has 0 aromatic carbocycles. The molecular weight excluding hydrogens is 406 g/mol. The van der Waals surface area contributed by atoms with Crippen molar-refractivity contribution >= 4 is 45.2 Å². The van der Waals surface area contributed by atoms with Crippen LogP contribution < -0.4 is 4.72 Å². The van der Waals surface area contributed by atoms with Crippen LogP contribution in [0.3, 0.4) is 0 Å². The maximum Gasteiger partial charge on any atom is 0.229 e. The Morgan fingerprint density at radius 1 is 1.30 bits per heavy atom. The normalized spacial score (nSPS) is 11.1. The molecular formula is C18H20ClN3O3S2. The van der Waals surface area contributed by atoms with Crippen molar-refractivity contribution in [2.75, 3.05) is 11.0 Å². The van der Waals surface area contributed by atoms with E-state index < -0.39 is 10.0 Å². The van der Waals surface area contributed by atoms with Gasteiger partial charge in [0.25, 0.3) is 0 Å². The lowest BCUT2D eigenvalue weighted by Gasteiger charge is -2.08. The Hall–Kier alpha value is -2.16. The lowest BCUT2D eigenvalue weighted by atomic mass is 10.1. The zero-order valence-electron chi connectivity index (χ0n) is 15.1. The zero-order valence-corrected chi connectivity index (χ0v) is 17.5. The van der Waals surface area contributed by atoms with Crippen molar-refractivity contribution < 1.29 is 13.2 Å². The van der Waals surface area contributed by atoms with Gasteiger partial charge in [-0.2, -0.15) is 0 Å². The van der Waals surface area contributed by atoms with Crippen LogP contribution in [-0.2, 0) is 23.5 Å². The third-order valence-corrected chi connectivity index (χ3v) is 5.45. The summed E-state index contributed by atoms with van der Waals surface area (Å²) >= 11 is 1.43. The van der Waals surface area contributed by atoms with E-state index in [2.05, 4.69) is 9.71 Å². The van der Waals surface area contributed by atoms with Crippen LogP contribution in [0.2, 0.25) is 0 Å². The van der Waals surface area contributed by atoms with E-state index in [1.807, 2.05) is 42.1 Å². The van der Waals surface area contributed by atoms with Crippen molar-refractivity contribution in [3.63, 3.8) is 0 Å². The van der Waals surface area contributed by atoms with Crippen LogP contribution in [0.15, 0.2) is 41.9 Å². The van der Waals surface area contributed by atoms with Gasteiger partial charge in [-0.25, -0.2) is 8.42 Å². The standard InChI is InChI=1S/C18H19N3O3S2.ClH/c1-12-9-15(21(2)17(12)18(22)16-5-4-8-25-16)10-13-6-7-14(11-19-13)20-26(3,23)24;/h4-9,11,20H,10H2,1-3H3;1H. The van der Waals surface area contributed by atoms with Crippen LogP contribution in [0.4, 0.5) is 5.69 Å². The fraction of sp³-hybridized carbons (Fsp3) is 0.222. The molecule has 0 aliphatic rings. The predicted octanol–water partition coefficient (Wildman–Crippen LogP) is 3.41. The lowest BCUT2D eigenvalue weighted by molar-refractivity contribution is 0.103. The lowest BCUT2D eigenvalue weighted by Crippen LogP contribution is -2.11. The van der Waals surface area contributed by atoms with Gasteiger partial charge in [-0.3, -0.25) is 14.5 Å². The van der Waals surface area contributed by atoms with Gasteiger partial charge in [-0.05, 0) is 42.1 Å². The van der Waals surface area contributed by atoms with Crippen molar-refractivity contribution in [1.82, 2.24) is 9.55 Å². The molecule has 0 radical (unpaired) electrons. The van der Waals surface area contributed by atoms with E-state index in [1.54, 1.807) is 12.1 Å². The van der Waals surface area contributed by atoms with Crippen LogP contribution in [0.25, 0.3) is 0 Å². The number of ketones is 1. The molecule has 0 bridgehead atoms. The maximum absolute atomic E-state index is 12.7. The first-order chi connectivity index (χ1) is 12.2. The van der Waals surface area contributed by atoms with Crippen molar-refractivity contribution in [3.8, 4) is 0 Å². The fourth-order valence-corrected chi connectivity index (χ4v) is 4.05. The van der Waals surface area contributed by atoms with Gasteiger partial charge >= 0.3 is 0 Å². The molecule has 0 aliphatic carbocycles. The molecule has 3 rings (SSSR count). The summed E-state index contributed by atoms with van der Waals surface area (Å²) in [4.78, 5) is 17.7. The molecule has 6 nitrogen and oxygen atoms in total. The highest BCUT2D eigenvalue weighted by molar-refractivity contribution is 7.92. The van der Waals surface area contributed by atoms with Crippen molar-refractivity contribution in [1.29, 1.82) is 0 Å². The summed E-state index contributed by atoms with van der Waals surface area (Å²) in [5, 5.41) is 1.89. The molecule has 0 amide bonds. The number of sulfonamides is 1. The van der Waals surface area contributed by atoms with Crippen LogP contribution in [-0.4, -0.2) is 30.0 Å². The Morgan fingerprint density at radius 3 is 2.59 bits per heavy atom. The highest BCUT2D eigenvalue weighted by Crippen LogP contribution is 2.22. The summed E-state index contributed by atoms with van der Waals surface area (Å²) < 4.78 is 26.8. The number of pyridine rings is 1. The molecule has 0 spiro atoms. The first kappa shape index (κ1) is 21.1. The van der Waals surface area contributed by atoms with E-state index in [-0.39, 0.29) is 18.2 Å². The minimum absolute atomic E-state index is 0. The van der Waals surface area contributed by atoms with Crippen LogP contribution in [0.1, 0.15) is 32.3 Å². The largest absolute Gasteiger partial charge is 0.344 e. The first-order valence-electron chi connectivity index (χ1n) is 7.91. The Labute approximate surface area is 168 Å². The van der Waals surface area contributed by atoms with E-state index in [9.17, 15) is 13.2 Å². The van der Waals surface area contributed by atoms with Crippen LogP contribution in [0.5, 0.6) is 0 Å². The first-order valence-corrected chi connectivity index (χ1v) is 10.7. The quantitative estimate of drug-likeness (QED) is 0.613. The number of hydrogen-bond acceptors (Lipinski definition) is 5. The molecule has 0 atom stereocenters. The Balaban J connectivity index is 0.00000261. The average Bonchev–Trinajstić information content (AvgIpc) is 3.17. The summed E-state index contributed by atoms with van der Waals surface area (Å²) in [6.45, 7) is 1.93.